The van der Waals surface area contributed by atoms with E-state index in [1.165, 1.54) is 16.2 Å². The van der Waals surface area contributed by atoms with Gasteiger partial charge in [-0.05, 0) is 37.5 Å². The normalized spacial score (nSPS) is 10.5. The molecule has 0 aliphatic carbocycles. The molecular formula is C15H19N3OS. The van der Waals surface area contributed by atoms with Gasteiger partial charge in [-0.3, -0.25) is 4.79 Å². The number of benzene rings is 1. The second-order valence-corrected chi connectivity index (χ2v) is 5.87. The Morgan fingerprint density at radius 2 is 2.05 bits per heavy atom. The van der Waals surface area contributed by atoms with E-state index in [2.05, 4.69) is 17.2 Å². The fraction of sp³-hybridized carbons (Fsp3) is 0.333. The summed E-state index contributed by atoms with van der Waals surface area (Å²) in [4.78, 5) is 17.5. The summed E-state index contributed by atoms with van der Waals surface area (Å²) in [5, 5.41) is 3.56. The van der Waals surface area contributed by atoms with Crippen molar-refractivity contribution >= 4 is 28.1 Å². The summed E-state index contributed by atoms with van der Waals surface area (Å²) in [7, 11) is 0. The minimum atomic E-state index is -0.00164. The van der Waals surface area contributed by atoms with Gasteiger partial charge in [-0.15, -0.1) is 11.3 Å². The van der Waals surface area contributed by atoms with E-state index in [9.17, 15) is 4.79 Å². The van der Waals surface area contributed by atoms with Gasteiger partial charge >= 0.3 is 0 Å². The van der Waals surface area contributed by atoms with Crippen LogP contribution in [0.5, 0.6) is 0 Å². The van der Waals surface area contributed by atoms with E-state index in [4.69, 9.17) is 5.73 Å². The maximum atomic E-state index is 11.9. The third kappa shape index (κ3) is 3.81. The zero-order valence-corrected chi connectivity index (χ0v) is 12.6. The molecule has 3 N–H and O–H groups in total. The number of aromatic nitrogens is 1. The van der Waals surface area contributed by atoms with Gasteiger partial charge in [-0.2, -0.15) is 0 Å². The molecule has 1 aromatic carbocycles. The minimum absolute atomic E-state index is 0.00164. The van der Waals surface area contributed by atoms with Crippen LogP contribution < -0.4 is 11.1 Å². The molecule has 2 rings (SSSR count). The van der Waals surface area contributed by atoms with E-state index in [0.29, 0.717) is 18.0 Å². The number of aryl methyl sites for hydroxylation is 3. The number of anilines is 2. The number of nitrogen functional groups attached to an aromatic ring is 1. The Labute approximate surface area is 123 Å². The predicted molar refractivity (Wildman–Crippen MR) is 84.0 cm³/mol. The Hall–Kier alpha value is -1.88. The van der Waals surface area contributed by atoms with E-state index in [0.717, 1.165) is 23.4 Å². The molecule has 0 radical (unpaired) electrons. The SMILES string of the molecule is CCc1nc(NC(=O)CCc2ccc(N)cc2)sc1C. The largest absolute Gasteiger partial charge is 0.399 e. The molecule has 0 aliphatic heterocycles. The van der Waals surface area contributed by atoms with Gasteiger partial charge in [0.05, 0.1) is 5.69 Å². The predicted octanol–water partition coefficient (Wildman–Crippen LogP) is 3.17. The Bertz CT molecular complexity index is 590. The van der Waals surface area contributed by atoms with Crippen LogP contribution in [-0.4, -0.2) is 10.9 Å². The Kier molecular flexibility index (Phi) is 4.74. The van der Waals surface area contributed by atoms with Gasteiger partial charge in [-0.25, -0.2) is 4.98 Å². The summed E-state index contributed by atoms with van der Waals surface area (Å²) in [5.74, 6) is -0.00164. The fourth-order valence-corrected chi connectivity index (χ4v) is 2.85. The van der Waals surface area contributed by atoms with E-state index < -0.39 is 0 Å². The fourth-order valence-electron chi connectivity index (χ4n) is 1.93. The number of thiazole rings is 1. The molecule has 0 aliphatic rings. The van der Waals surface area contributed by atoms with Crippen molar-refractivity contribution in [2.75, 3.05) is 11.1 Å². The van der Waals surface area contributed by atoms with Crippen molar-refractivity contribution in [2.45, 2.75) is 33.1 Å². The Morgan fingerprint density at radius 3 is 2.65 bits per heavy atom. The zero-order chi connectivity index (χ0) is 14.5. The van der Waals surface area contributed by atoms with Crippen LogP contribution in [0, 0.1) is 6.92 Å². The standard InChI is InChI=1S/C15H19N3OS/c1-3-13-10(2)20-15(17-13)18-14(19)9-6-11-4-7-12(16)8-5-11/h4-5,7-8H,3,6,9,16H2,1-2H3,(H,17,18,19). The number of rotatable bonds is 5. The number of carbonyl (C=O) groups is 1. The molecule has 1 heterocycles. The topological polar surface area (TPSA) is 68.0 Å². The summed E-state index contributed by atoms with van der Waals surface area (Å²) in [6, 6.07) is 7.60. The number of amides is 1. The van der Waals surface area contributed by atoms with E-state index in [1.54, 1.807) is 0 Å². The van der Waals surface area contributed by atoms with Crippen LogP contribution in [-0.2, 0) is 17.6 Å². The van der Waals surface area contributed by atoms with Crippen molar-refractivity contribution in [3.05, 3.63) is 40.4 Å². The highest BCUT2D eigenvalue weighted by Gasteiger charge is 2.09. The highest BCUT2D eigenvalue weighted by Crippen LogP contribution is 2.22. The monoisotopic (exact) mass is 289 g/mol. The lowest BCUT2D eigenvalue weighted by Gasteiger charge is -2.02. The van der Waals surface area contributed by atoms with Crippen LogP contribution in [0.1, 0.15) is 29.5 Å². The molecule has 106 valence electrons. The van der Waals surface area contributed by atoms with Crippen LogP contribution in [0.2, 0.25) is 0 Å². The number of nitrogens with one attached hydrogen (secondary N) is 1. The van der Waals surface area contributed by atoms with Crippen molar-refractivity contribution in [1.82, 2.24) is 4.98 Å². The number of nitrogens with zero attached hydrogens (tertiary/aromatic N) is 1. The summed E-state index contributed by atoms with van der Waals surface area (Å²) in [5.41, 5.74) is 8.54. The second-order valence-electron chi connectivity index (χ2n) is 4.67. The van der Waals surface area contributed by atoms with E-state index in [1.807, 2.05) is 31.2 Å². The molecule has 0 atom stereocenters. The molecule has 4 nitrogen and oxygen atoms in total. The number of carbonyl (C=O) groups excluding carboxylic acids is 1. The van der Waals surface area contributed by atoms with Crippen LogP contribution >= 0.6 is 11.3 Å². The zero-order valence-electron chi connectivity index (χ0n) is 11.8. The molecule has 0 fully saturated rings. The lowest BCUT2D eigenvalue weighted by Crippen LogP contribution is -2.12. The molecule has 0 saturated heterocycles. The lowest BCUT2D eigenvalue weighted by atomic mass is 10.1. The summed E-state index contributed by atoms with van der Waals surface area (Å²) in [6.07, 6.45) is 2.05. The molecular weight excluding hydrogens is 270 g/mol. The molecule has 1 amide bonds. The second kappa shape index (κ2) is 6.52. The number of hydrogen-bond donors (Lipinski definition) is 2. The molecule has 20 heavy (non-hydrogen) atoms. The maximum Gasteiger partial charge on any atom is 0.226 e. The molecule has 0 unspecified atom stereocenters. The first-order valence-electron chi connectivity index (χ1n) is 6.69. The molecule has 0 spiro atoms. The van der Waals surface area contributed by atoms with E-state index >= 15 is 0 Å². The first kappa shape index (κ1) is 14.5. The van der Waals surface area contributed by atoms with Gasteiger partial charge in [0.2, 0.25) is 5.91 Å². The molecule has 0 bridgehead atoms. The molecule has 2 aromatic rings. The lowest BCUT2D eigenvalue weighted by molar-refractivity contribution is -0.116. The third-order valence-corrected chi connectivity index (χ3v) is 4.02. The summed E-state index contributed by atoms with van der Waals surface area (Å²) >= 11 is 1.53. The average molecular weight is 289 g/mol. The summed E-state index contributed by atoms with van der Waals surface area (Å²) < 4.78 is 0. The van der Waals surface area contributed by atoms with Gasteiger partial charge in [0.25, 0.3) is 0 Å². The van der Waals surface area contributed by atoms with Crippen molar-refractivity contribution in [2.24, 2.45) is 0 Å². The van der Waals surface area contributed by atoms with Gasteiger partial charge in [0.15, 0.2) is 5.13 Å². The van der Waals surface area contributed by atoms with Gasteiger partial charge in [-0.1, -0.05) is 19.1 Å². The van der Waals surface area contributed by atoms with Crippen LogP contribution in [0.4, 0.5) is 10.8 Å². The molecule has 5 heteroatoms. The number of nitrogens with two attached hydrogens (primary N) is 1. The highest BCUT2D eigenvalue weighted by atomic mass is 32.1. The van der Waals surface area contributed by atoms with Crippen LogP contribution in [0.3, 0.4) is 0 Å². The smallest absolute Gasteiger partial charge is 0.226 e. The third-order valence-electron chi connectivity index (χ3n) is 3.09. The van der Waals surface area contributed by atoms with Crippen LogP contribution in [0.25, 0.3) is 0 Å². The summed E-state index contributed by atoms with van der Waals surface area (Å²) in [6.45, 7) is 4.09. The molecule has 1 aromatic heterocycles. The minimum Gasteiger partial charge on any atom is -0.399 e. The highest BCUT2D eigenvalue weighted by molar-refractivity contribution is 7.15. The van der Waals surface area contributed by atoms with Crippen molar-refractivity contribution in [3.8, 4) is 0 Å². The van der Waals surface area contributed by atoms with E-state index in [-0.39, 0.29) is 5.91 Å². The number of hydrogen-bond acceptors (Lipinski definition) is 4. The van der Waals surface area contributed by atoms with Crippen molar-refractivity contribution in [3.63, 3.8) is 0 Å². The van der Waals surface area contributed by atoms with Crippen LogP contribution in [0.15, 0.2) is 24.3 Å². The van der Waals surface area contributed by atoms with Gasteiger partial charge in [0, 0.05) is 17.0 Å². The Balaban J connectivity index is 1.87. The maximum absolute atomic E-state index is 11.9. The van der Waals surface area contributed by atoms with Crippen molar-refractivity contribution in [1.29, 1.82) is 0 Å². The quantitative estimate of drug-likeness (QED) is 0.831. The first-order chi connectivity index (χ1) is 9.58. The van der Waals surface area contributed by atoms with Crippen molar-refractivity contribution < 1.29 is 4.79 Å². The van der Waals surface area contributed by atoms with Gasteiger partial charge in [0.1, 0.15) is 0 Å². The average Bonchev–Trinajstić information content (AvgIpc) is 2.78. The first-order valence-corrected chi connectivity index (χ1v) is 7.50. The molecule has 0 saturated carbocycles. The Morgan fingerprint density at radius 1 is 1.35 bits per heavy atom. The van der Waals surface area contributed by atoms with Gasteiger partial charge < -0.3 is 11.1 Å².